The van der Waals surface area contributed by atoms with E-state index in [1.54, 1.807) is 36.4 Å². The molecule has 0 heterocycles. The predicted octanol–water partition coefficient (Wildman–Crippen LogP) is 3.28. The van der Waals surface area contributed by atoms with Gasteiger partial charge in [-0.2, -0.15) is 0 Å². The first-order valence-corrected chi connectivity index (χ1v) is 8.05. The number of methoxy groups -OCH3 is 1. The van der Waals surface area contributed by atoms with Crippen LogP contribution >= 0.6 is 11.6 Å². The Bertz CT molecular complexity index is 765. The molecule has 0 radical (unpaired) electrons. The van der Waals surface area contributed by atoms with Crippen LogP contribution in [0.2, 0.25) is 5.02 Å². The molecule has 132 valence electrons. The van der Waals surface area contributed by atoms with Gasteiger partial charge in [0.15, 0.2) is 0 Å². The fraction of sp³-hybridized carbons (Fsp3) is 0.222. The molecule has 2 aromatic rings. The Morgan fingerprint density at radius 2 is 1.76 bits per heavy atom. The van der Waals surface area contributed by atoms with Gasteiger partial charge in [-0.05, 0) is 42.8 Å². The summed E-state index contributed by atoms with van der Waals surface area (Å²) in [6.45, 7) is 1.91. The third-order valence-electron chi connectivity index (χ3n) is 3.42. The number of carbonyl (C=O) groups is 2. The number of rotatable bonds is 7. The van der Waals surface area contributed by atoms with Gasteiger partial charge in [0.05, 0.1) is 6.54 Å². The summed E-state index contributed by atoms with van der Waals surface area (Å²) in [5, 5.41) is 9.14. The van der Waals surface area contributed by atoms with Gasteiger partial charge in [-0.25, -0.2) is 0 Å². The largest absolute Gasteiger partial charge is 0.376 e. The third-order valence-corrected chi connectivity index (χ3v) is 3.83. The van der Waals surface area contributed by atoms with Crippen LogP contribution in [0, 0.1) is 6.92 Å². The molecule has 0 fully saturated rings. The number of carbonyl (C=O) groups excluding carboxylic acids is 2. The van der Waals surface area contributed by atoms with Crippen LogP contribution in [0.15, 0.2) is 42.5 Å². The Morgan fingerprint density at radius 3 is 2.52 bits per heavy atom. The number of amides is 2. The minimum atomic E-state index is -0.242. The summed E-state index contributed by atoms with van der Waals surface area (Å²) in [5.41, 5.74) is 2.84. The highest BCUT2D eigenvalue weighted by molar-refractivity contribution is 6.31. The van der Waals surface area contributed by atoms with Crippen LogP contribution in [0.25, 0.3) is 0 Å². The normalized spacial score (nSPS) is 10.2. The average Bonchev–Trinajstić information content (AvgIpc) is 2.58. The molecule has 0 aliphatic heterocycles. The minimum absolute atomic E-state index is 0.0148. The van der Waals surface area contributed by atoms with Crippen molar-refractivity contribution in [3.63, 3.8) is 0 Å². The molecule has 2 rings (SSSR count). The summed E-state index contributed by atoms with van der Waals surface area (Å²) in [7, 11) is 1.46. The van der Waals surface area contributed by atoms with Crippen LogP contribution in [0.4, 0.5) is 17.1 Å². The minimum Gasteiger partial charge on any atom is -0.376 e. The van der Waals surface area contributed by atoms with Crippen LogP contribution in [-0.4, -0.2) is 32.1 Å². The zero-order chi connectivity index (χ0) is 18.2. The maximum absolute atomic E-state index is 12.1. The Hall–Kier alpha value is -2.57. The van der Waals surface area contributed by atoms with Gasteiger partial charge in [0.2, 0.25) is 11.8 Å². The number of nitrogens with one attached hydrogen (secondary N) is 3. The molecule has 0 unspecified atom stereocenters. The number of hydrogen-bond acceptors (Lipinski definition) is 4. The van der Waals surface area contributed by atoms with Crippen molar-refractivity contribution < 1.29 is 14.3 Å². The number of hydrogen-bond donors (Lipinski definition) is 3. The molecule has 7 heteroatoms. The lowest BCUT2D eigenvalue weighted by atomic mass is 10.2. The molecule has 3 N–H and O–H groups in total. The first-order valence-electron chi connectivity index (χ1n) is 7.67. The van der Waals surface area contributed by atoms with Crippen molar-refractivity contribution in [2.24, 2.45) is 0 Å². The van der Waals surface area contributed by atoms with Crippen molar-refractivity contribution in [1.82, 2.24) is 0 Å². The molecule has 2 amide bonds. The molecule has 0 aliphatic rings. The Morgan fingerprint density at radius 1 is 1.04 bits per heavy atom. The first kappa shape index (κ1) is 18.8. The quantitative estimate of drug-likeness (QED) is 0.707. The zero-order valence-electron chi connectivity index (χ0n) is 14.1. The summed E-state index contributed by atoms with van der Waals surface area (Å²) in [6.07, 6.45) is 0. The summed E-state index contributed by atoms with van der Waals surface area (Å²) >= 11 is 6.04. The second-order valence-electron chi connectivity index (χ2n) is 5.38. The third kappa shape index (κ3) is 5.77. The smallest absolute Gasteiger partial charge is 0.250 e. The molecule has 0 atom stereocenters. The number of anilines is 3. The lowest BCUT2D eigenvalue weighted by Crippen LogP contribution is -2.22. The first-order chi connectivity index (χ1) is 12.0. The van der Waals surface area contributed by atoms with Crippen LogP contribution in [-0.2, 0) is 14.3 Å². The van der Waals surface area contributed by atoms with Gasteiger partial charge in [0.25, 0.3) is 0 Å². The van der Waals surface area contributed by atoms with Gasteiger partial charge in [0.1, 0.15) is 6.61 Å². The van der Waals surface area contributed by atoms with E-state index in [4.69, 9.17) is 16.3 Å². The van der Waals surface area contributed by atoms with E-state index in [0.717, 1.165) is 5.56 Å². The number of halogens is 1. The number of ether oxygens (including phenoxy) is 1. The van der Waals surface area contributed by atoms with E-state index in [2.05, 4.69) is 16.0 Å². The van der Waals surface area contributed by atoms with Gasteiger partial charge in [0, 0.05) is 29.2 Å². The number of benzene rings is 2. The Balaban J connectivity index is 1.91. The Labute approximate surface area is 151 Å². The maximum atomic E-state index is 12.1. The lowest BCUT2D eigenvalue weighted by Gasteiger charge is -2.11. The molecule has 0 aromatic heterocycles. The molecule has 0 spiro atoms. The summed E-state index contributed by atoms with van der Waals surface area (Å²) in [5.74, 6) is -0.437. The highest BCUT2D eigenvalue weighted by Crippen LogP contribution is 2.22. The molecule has 0 aliphatic carbocycles. The van der Waals surface area contributed by atoms with Gasteiger partial charge >= 0.3 is 0 Å². The SMILES string of the molecule is COCC(=O)Nc1cccc(NCC(=O)Nc2cccc(Cl)c2C)c1. The molecule has 0 saturated heterocycles. The monoisotopic (exact) mass is 361 g/mol. The molecule has 6 nitrogen and oxygen atoms in total. The molecular weight excluding hydrogens is 342 g/mol. The predicted molar refractivity (Wildman–Crippen MR) is 100 cm³/mol. The Kier molecular flexibility index (Phi) is 6.80. The van der Waals surface area contributed by atoms with Gasteiger partial charge in [-0.3, -0.25) is 9.59 Å². The highest BCUT2D eigenvalue weighted by atomic mass is 35.5. The summed E-state index contributed by atoms with van der Waals surface area (Å²) in [6, 6.07) is 12.4. The topological polar surface area (TPSA) is 79.5 Å². The van der Waals surface area contributed by atoms with Crippen molar-refractivity contribution in [2.75, 3.05) is 36.2 Å². The molecule has 2 aromatic carbocycles. The maximum Gasteiger partial charge on any atom is 0.250 e. The van der Waals surface area contributed by atoms with Crippen molar-refractivity contribution in [3.8, 4) is 0 Å². The molecule has 0 saturated carbocycles. The zero-order valence-corrected chi connectivity index (χ0v) is 14.8. The molecule has 25 heavy (non-hydrogen) atoms. The van der Waals surface area contributed by atoms with E-state index in [-0.39, 0.29) is 25.0 Å². The van der Waals surface area contributed by atoms with Crippen molar-refractivity contribution in [3.05, 3.63) is 53.1 Å². The van der Waals surface area contributed by atoms with E-state index in [0.29, 0.717) is 22.1 Å². The fourth-order valence-corrected chi connectivity index (χ4v) is 2.33. The summed E-state index contributed by atoms with van der Waals surface area (Å²) < 4.78 is 4.77. The molecule has 0 bridgehead atoms. The van der Waals surface area contributed by atoms with Crippen molar-refractivity contribution in [2.45, 2.75) is 6.92 Å². The van der Waals surface area contributed by atoms with Gasteiger partial charge < -0.3 is 20.7 Å². The van der Waals surface area contributed by atoms with Crippen LogP contribution in [0.3, 0.4) is 0 Å². The van der Waals surface area contributed by atoms with Crippen LogP contribution in [0.1, 0.15) is 5.56 Å². The van der Waals surface area contributed by atoms with Crippen LogP contribution < -0.4 is 16.0 Å². The average molecular weight is 362 g/mol. The highest BCUT2D eigenvalue weighted by Gasteiger charge is 2.07. The van der Waals surface area contributed by atoms with Crippen molar-refractivity contribution >= 4 is 40.5 Å². The summed E-state index contributed by atoms with van der Waals surface area (Å²) in [4.78, 5) is 23.6. The van der Waals surface area contributed by atoms with E-state index >= 15 is 0 Å². The van der Waals surface area contributed by atoms with E-state index in [9.17, 15) is 9.59 Å². The second kappa shape index (κ2) is 9.05. The van der Waals surface area contributed by atoms with Crippen molar-refractivity contribution in [1.29, 1.82) is 0 Å². The standard InChI is InChI=1S/C18H20ClN3O3/c1-12-15(19)7-4-8-16(12)22-17(23)10-20-13-5-3-6-14(9-13)21-18(24)11-25-2/h3-9,20H,10-11H2,1-2H3,(H,21,24)(H,22,23). The van der Waals surface area contributed by atoms with E-state index < -0.39 is 0 Å². The lowest BCUT2D eigenvalue weighted by molar-refractivity contribution is -0.119. The molecular formula is C18H20ClN3O3. The second-order valence-corrected chi connectivity index (χ2v) is 5.78. The van der Waals surface area contributed by atoms with E-state index in [1.165, 1.54) is 7.11 Å². The van der Waals surface area contributed by atoms with Crippen LogP contribution in [0.5, 0.6) is 0 Å². The van der Waals surface area contributed by atoms with Gasteiger partial charge in [-0.15, -0.1) is 0 Å². The fourth-order valence-electron chi connectivity index (χ4n) is 2.15. The van der Waals surface area contributed by atoms with E-state index in [1.807, 2.05) is 13.0 Å². The van der Waals surface area contributed by atoms with Gasteiger partial charge in [-0.1, -0.05) is 23.7 Å².